The van der Waals surface area contributed by atoms with Gasteiger partial charge in [0.2, 0.25) is 5.91 Å². The van der Waals surface area contributed by atoms with Gasteiger partial charge in [-0.1, -0.05) is 48.0 Å². The zero-order valence-electron chi connectivity index (χ0n) is 14.4. The van der Waals surface area contributed by atoms with Crippen molar-refractivity contribution in [1.29, 1.82) is 0 Å². The molecular weight excluding hydrogens is 314 g/mol. The molecule has 0 radical (unpaired) electrons. The SMILES string of the molecule is Cc1ccc(C2CCCCN2C(=O)Cc2ccccc2C(=O)O)cc1. The Morgan fingerprint density at radius 2 is 1.80 bits per heavy atom. The average molecular weight is 337 g/mol. The predicted octanol–water partition coefficient (Wildman–Crippen LogP) is 3.99. The van der Waals surface area contributed by atoms with Crippen LogP contribution in [0.1, 0.15) is 52.4 Å². The fourth-order valence-electron chi connectivity index (χ4n) is 3.51. The molecule has 0 aliphatic carbocycles. The third-order valence-corrected chi connectivity index (χ3v) is 4.87. The number of carbonyl (C=O) groups is 2. The van der Waals surface area contributed by atoms with E-state index in [9.17, 15) is 14.7 Å². The van der Waals surface area contributed by atoms with Gasteiger partial charge in [-0.15, -0.1) is 0 Å². The summed E-state index contributed by atoms with van der Waals surface area (Å²) in [6.07, 6.45) is 3.18. The van der Waals surface area contributed by atoms with Crippen LogP contribution in [0.4, 0.5) is 0 Å². The number of amides is 1. The fourth-order valence-corrected chi connectivity index (χ4v) is 3.51. The Bertz CT molecular complexity index is 767. The van der Waals surface area contributed by atoms with Gasteiger partial charge < -0.3 is 10.0 Å². The minimum absolute atomic E-state index is 0.000949. The summed E-state index contributed by atoms with van der Waals surface area (Å²) in [4.78, 5) is 26.2. The predicted molar refractivity (Wildman–Crippen MR) is 96.6 cm³/mol. The highest BCUT2D eigenvalue weighted by Gasteiger charge is 2.28. The molecule has 130 valence electrons. The Morgan fingerprint density at radius 1 is 1.08 bits per heavy atom. The molecule has 3 rings (SSSR count). The normalized spacial score (nSPS) is 17.3. The zero-order valence-corrected chi connectivity index (χ0v) is 14.4. The second kappa shape index (κ2) is 7.51. The van der Waals surface area contributed by atoms with E-state index in [1.165, 1.54) is 5.56 Å². The standard InChI is InChI=1S/C21H23NO3/c1-15-9-11-16(12-10-15)19-8-4-5-13-22(19)20(23)14-17-6-2-3-7-18(17)21(24)25/h2-3,6-7,9-12,19H,4-5,8,13-14H2,1H3,(H,24,25). The number of carboxylic acids is 1. The van der Waals surface area contributed by atoms with Gasteiger partial charge in [-0.3, -0.25) is 4.79 Å². The van der Waals surface area contributed by atoms with Gasteiger partial charge in [-0.05, 0) is 43.4 Å². The number of rotatable bonds is 4. The van der Waals surface area contributed by atoms with Crippen LogP contribution in [0.2, 0.25) is 0 Å². The van der Waals surface area contributed by atoms with E-state index in [1.54, 1.807) is 24.3 Å². The van der Waals surface area contributed by atoms with Crippen molar-refractivity contribution < 1.29 is 14.7 Å². The first-order valence-corrected chi connectivity index (χ1v) is 8.73. The molecule has 1 aliphatic rings. The van der Waals surface area contributed by atoms with Gasteiger partial charge in [0, 0.05) is 6.54 Å². The maximum atomic E-state index is 12.9. The second-order valence-corrected chi connectivity index (χ2v) is 6.65. The van der Waals surface area contributed by atoms with Crippen LogP contribution >= 0.6 is 0 Å². The molecule has 1 heterocycles. The smallest absolute Gasteiger partial charge is 0.335 e. The first kappa shape index (κ1) is 17.2. The van der Waals surface area contributed by atoms with Crippen molar-refractivity contribution in [2.75, 3.05) is 6.54 Å². The summed E-state index contributed by atoms with van der Waals surface area (Å²) in [6, 6.07) is 15.2. The Kier molecular flexibility index (Phi) is 5.17. The molecule has 0 spiro atoms. The highest BCUT2D eigenvalue weighted by Crippen LogP contribution is 2.31. The van der Waals surface area contributed by atoms with Crippen LogP contribution in [0.5, 0.6) is 0 Å². The summed E-state index contributed by atoms with van der Waals surface area (Å²) in [5, 5.41) is 9.32. The van der Waals surface area contributed by atoms with Crippen molar-refractivity contribution in [1.82, 2.24) is 4.90 Å². The largest absolute Gasteiger partial charge is 0.478 e. The number of hydrogen-bond donors (Lipinski definition) is 1. The third kappa shape index (κ3) is 3.90. The van der Waals surface area contributed by atoms with E-state index in [4.69, 9.17) is 0 Å². The molecule has 1 atom stereocenters. The summed E-state index contributed by atoms with van der Waals surface area (Å²) >= 11 is 0. The molecule has 0 saturated carbocycles. The summed E-state index contributed by atoms with van der Waals surface area (Å²) in [6.45, 7) is 2.78. The molecule has 1 N–H and O–H groups in total. The second-order valence-electron chi connectivity index (χ2n) is 6.65. The van der Waals surface area contributed by atoms with Crippen LogP contribution < -0.4 is 0 Å². The van der Waals surface area contributed by atoms with E-state index >= 15 is 0 Å². The van der Waals surface area contributed by atoms with Gasteiger partial charge >= 0.3 is 5.97 Å². The summed E-state index contributed by atoms with van der Waals surface area (Å²) in [5.74, 6) is -0.990. The Labute approximate surface area is 148 Å². The van der Waals surface area contributed by atoms with E-state index < -0.39 is 5.97 Å². The first-order valence-electron chi connectivity index (χ1n) is 8.73. The molecule has 1 aliphatic heterocycles. The summed E-state index contributed by atoms with van der Waals surface area (Å²) < 4.78 is 0. The van der Waals surface area contributed by atoms with E-state index in [-0.39, 0.29) is 23.9 Å². The van der Waals surface area contributed by atoms with Crippen LogP contribution in [0.3, 0.4) is 0 Å². The monoisotopic (exact) mass is 337 g/mol. The highest BCUT2D eigenvalue weighted by atomic mass is 16.4. The van der Waals surface area contributed by atoms with Gasteiger partial charge in [0.1, 0.15) is 0 Å². The number of piperidine rings is 1. The first-order chi connectivity index (χ1) is 12.1. The number of aromatic carboxylic acids is 1. The third-order valence-electron chi connectivity index (χ3n) is 4.87. The number of nitrogens with zero attached hydrogens (tertiary/aromatic N) is 1. The molecule has 1 saturated heterocycles. The molecule has 4 nitrogen and oxygen atoms in total. The van der Waals surface area contributed by atoms with Crippen molar-refractivity contribution in [3.63, 3.8) is 0 Å². The zero-order chi connectivity index (χ0) is 17.8. The van der Waals surface area contributed by atoms with Crippen molar-refractivity contribution >= 4 is 11.9 Å². The molecule has 1 amide bonds. The van der Waals surface area contributed by atoms with Crippen molar-refractivity contribution in [3.05, 3.63) is 70.8 Å². The highest BCUT2D eigenvalue weighted by molar-refractivity contribution is 5.91. The maximum absolute atomic E-state index is 12.9. The number of aryl methyl sites for hydroxylation is 1. The Hall–Kier alpha value is -2.62. The van der Waals surface area contributed by atoms with Crippen LogP contribution in [-0.2, 0) is 11.2 Å². The van der Waals surface area contributed by atoms with E-state index in [2.05, 4.69) is 31.2 Å². The molecule has 2 aromatic rings. The molecule has 4 heteroatoms. The Morgan fingerprint density at radius 3 is 2.52 bits per heavy atom. The lowest BCUT2D eigenvalue weighted by Gasteiger charge is -2.36. The van der Waals surface area contributed by atoms with Crippen LogP contribution in [0.25, 0.3) is 0 Å². The van der Waals surface area contributed by atoms with Gasteiger partial charge in [-0.25, -0.2) is 4.79 Å². The number of carboxylic acid groups (broad SMARTS) is 1. The maximum Gasteiger partial charge on any atom is 0.335 e. The summed E-state index contributed by atoms with van der Waals surface area (Å²) in [5.41, 5.74) is 3.14. The number of benzene rings is 2. The summed E-state index contributed by atoms with van der Waals surface area (Å²) in [7, 11) is 0. The molecule has 25 heavy (non-hydrogen) atoms. The van der Waals surface area contributed by atoms with Crippen LogP contribution in [-0.4, -0.2) is 28.4 Å². The van der Waals surface area contributed by atoms with E-state index in [1.807, 2.05) is 4.90 Å². The van der Waals surface area contributed by atoms with Gasteiger partial charge in [0.15, 0.2) is 0 Å². The average Bonchev–Trinajstić information content (AvgIpc) is 2.62. The molecule has 0 aromatic heterocycles. The van der Waals surface area contributed by atoms with Gasteiger partial charge in [0.05, 0.1) is 18.0 Å². The molecule has 0 bridgehead atoms. The minimum atomic E-state index is -0.989. The lowest BCUT2D eigenvalue weighted by atomic mass is 9.93. The van der Waals surface area contributed by atoms with E-state index in [0.717, 1.165) is 31.4 Å². The van der Waals surface area contributed by atoms with E-state index in [0.29, 0.717) is 5.56 Å². The minimum Gasteiger partial charge on any atom is -0.478 e. The van der Waals surface area contributed by atoms with Crippen molar-refractivity contribution in [2.24, 2.45) is 0 Å². The molecule has 1 fully saturated rings. The van der Waals surface area contributed by atoms with Gasteiger partial charge in [-0.2, -0.15) is 0 Å². The van der Waals surface area contributed by atoms with Crippen molar-refractivity contribution in [2.45, 2.75) is 38.6 Å². The molecule has 2 aromatic carbocycles. The molecular formula is C21H23NO3. The number of carbonyl (C=O) groups excluding carboxylic acids is 1. The molecule has 1 unspecified atom stereocenters. The topological polar surface area (TPSA) is 57.6 Å². The number of likely N-dealkylation sites (tertiary alicyclic amines) is 1. The number of hydrogen-bond acceptors (Lipinski definition) is 2. The Balaban J connectivity index is 1.82. The lowest BCUT2D eigenvalue weighted by molar-refractivity contribution is -0.134. The van der Waals surface area contributed by atoms with Crippen LogP contribution in [0.15, 0.2) is 48.5 Å². The van der Waals surface area contributed by atoms with Gasteiger partial charge in [0.25, 0.3) is 0 Å². The van der Waals surface area contributed by atoms with Crippen LogP contribution in [0, 0.1) is 6.92 Å². The lowest BCUT2D eigenvalue weighted by Crippen LogP contribution is -2.39. The van der Waals surface area contributed by atoms with Crippen molar-refractivity contribution in [3.8, 4) is 0 Å². The fraction of sp³-hybridized carbons (Fsp3) is 0.333. The quantitative estimate of drug-likeness (QED) is 0.918.